The van der Waals surface area contributed by atoms with Gasteiger partial charge in [0, 0.05) is 16.5 Å². The lowest BCUT2D eigenvalue weighted by Crippen LogP contribution is -2.27. The summed E-state index contributed by atoms with van der Waals surface area (Å²) in [6.45, 7) is 0.631. The van der Waals surface area contributed by atoms with Crippen molar-refractivity contribution in [1.82, 2.24) is 5.32 Å². The highest BCUT2D eigenvalue weighted by molar-refractivity contribution is 8.00. The zero-order valence-electron chi connectivity index (χ0n) is 12.3. The molecule has 1 amide bonds. The van der Waals surface area contributed by atoms with Crippen molar-refractivity contribution in [1.29, 1.82) is 0 Å². The average molecular weight is 336 g/mol. The van der Waals surface area contributed by atoms with Crippen LogP contribution in [0.1, 0.15) is 5.56 Å². The maximum absolute atomic E-state index is 11.8. The summed E-state index contributed by atoms with van der Waals surface area (Å²) in [5.41, 5.74) is 1.17. The molecule has 2 aromatic carbocycles. The van der Waals surface area contributed by atoms with Gasteiger partial charge < -0.3 is 10.1 Å². The number of benzene rings is 2. The molecule has 2 aromatic rings. The van der Waals surface area contributed by atoms with Crippen molar-refractivity contribution in [2.24, 2.45) is 0 Å². The van der Waals surface area contributed by atoms with Gasteiger partial charge in [-0.15, -0.1) is 11.8 Å². The van der Waals surface area contributed by atoms with Crippen LogP contribution in [0.15, 0.2) is 53.4 Å². The number of amides is 1. The lowest BCUT2D eigenvalue weighted by Gasteiger charge is -2.06. The first kappa shape index (κ1) is 16.7. The molecule has 0 fully saturated rings. The van der Waals surface area contributed by atoms with E-state index in [9.17, 15) is 4.79 Å². The molecule has 0 bridgehead atoms. The summed E-state index contributed by atoms with van der Waals surface area (Å²) in [4.78, 5) is 12.8. The monoisotopic (exact) mass is 335 g/mol. The minimum absolute atomic E-state index is 0.0356. The van der Waals surface area contributed by atoms with E-state index < -0.39 is 0 Å². The predicted molar refractivity (Wildman–Crippen MR) is 91.9 cm³/mol. The van der Waals surface area contributed by atoms with Crippen LogP contribution in [0.5, 0.6) is 5.75 Å². The Labute approximate surface area is 140 Å². The number of nitrogens with one attached hydrogen (secondary N) is 1. The summed E-state index contributed by atoms with van der Waals surface area (Å²) in [5, 5.41) is 3.63. The number of hydrogen-bond acceptors (Lipinski definition) is 3. The van der Waals surface area contributed by atoms with E-state index in [4.69, 9.17) is 16.3 Å². The van der Waals surface area contributed by atoms with Gasteiger partial charge in [-0.25, -0.2) is 0 Å². The van der Waals surface area contributed by atoms with Crippen molar-refractivity contribution < 1.29 is 9.53 Å². The van der Waals surface area contributed by atoms with Crippen molar-refractivity contribution in [3.63, 3.8) is 0 Å². The van der Waals surface area contributed by atoms with Gasteiger partial charge in [-0.05, 0) is 48.4 Å². The quantitative estimate of drug-likeness (QED) is 0.782. The van der Waals surface area contributed by atoms with Crippen LogP contribution in [-0.2, 0) is 11.2 Å². The molecule has 0 unspecified atom stereocenters. The lowest BCUT2D eigenvalue weighted by molar-refractivity contribution is -0.118. The molecule has 0 aromatic heterocycles. The molecule has 0 atom stereocenters. The molecular weight excluding hydrogens is 318 g/mol. The van der Waals surface area contributed by atoms with Crippen molar-refractivity contribution in [2.75, 3.05) is 19.4 Å². The second-order valence-corrected chi connectivity index (χ2v) is 6.18. The van der Waals surface area contributed by atoms with Crippen LogP contribution in [0.3, 0.4) is 0 Å². The van der Waals surface area contributed by atoms with Crippen LogP contribution >= 0.6 is 23.4 Å². The molecule has 2 rings (SSSR count). The Hall–Kier alpha value is -1.65. The second-order valence-electron chi connectivity index (χ2n) is 4.69. The van der Waals surface area contributed by atoms with Crippen LogP contribution in [-0.4, -0.2) is 25.3 Å². The number of rotatable bonds is 7. The minimum atomic E-state index is 0.0356. The third-order valence-corrected chi connectivity index (χ3v) is 4.34. The van der Waals surface area contributed by atoms with Gasteiger partial charge in [0.15, 0.2) is 0 Å². The van der Waals surface area contributed by atoms with E-state index in [2.05, 4.69) is 5.32 Å². The van der Waals surface area contributed by atoms with Crippen LogP contribution in [0, 0.1) is 0 Å². The normalized spacial score (nSPS) is 10.3. The number of thioether (sulfide) groups is 1. The largest absolute Gasteiger partial charge is 0.497 e. The molecule has 0 radical (unpaired) electrons. The fourth-order valence-corrected chi connectivity index (χ4v) is 2.72. The van der Waals surface area contributed by atoms with Gasteiger partial charge in [-0.1, -0.05) is 23.7 Å². The van der Waals surface area contributed by atoms with E-state index in [1.54, 1.807) is 7.11 Å². The van der Waals surface area contributed by atoms with Gasteiger partial charge in [0.05, 0.1) is 12.9 Å². The van der Waals surface area contributed by atoms with Crippen molar-refractivity contribution >= 4 is 29.3 Å². The molecule has 5 heteroatoms. The van der Waals surface area contributed by atoms with Crippen LogP contribution in [0.4, 0.5) is 0 Å². The topological polar surface area (TPSA) is 38.3 Å². The lowest BCUT2D eigenvalue weighted by atomic mass is 10.1. The van der Waals surface area contributed by atoms with Crippen molar-refractivity contribution in [3.8, 4) is 5.75 Å². The number of ether oxygens (including phenoxy) is 1. The summed E-state index contributed by atoms with van der Waals surface area (Å²) >= 11 is 7.32. The molecule has 22 heavy (non-hydrogen) atoms. The smallest absolute Gasteiger partial charge is 0.230 e. The average Bonchev–Trinajstić information content (AvgIpc) is 2.55. The Kier molecular flexibility index (Phi) is 6.62. The third-order valence-electron chi connectivity index (χ3n) is 3.08. The predicted octanol–water partition coefficient (Wildman–Crippen LogP) is 3.80. The maximum atomic E-state index is 11.8. The molecule has 0 aliphatic carbocycles. The summed E-state index contributed by atoms with van der Waals surface area (Å²) in [6, 6.07) is 15.3. The van der Waals surface area contributed by atoms with E-state index in [0.717, 1.165) is 17.1 Å². The Bertz CT molecular complexity index is 599. The zero-order chi connectivity index (χ0) is 15.8. The maximum Gasteiger partial charge on any atom is 0.230 e. The zero-order valence-corrected chi connectivity index (χ0v) is 13.9. The Morgan fingerprint density at radius 2 is 1.82 bits per heavy atom. The van der Waals surface area contributed by atoms with Crippen molar-refractivity contribution in [2.45, 2.75) is 11.3 Å². The first-order chi connectivity index (χ1) is 10.7. The van der Waals surface area contributed by atoms with Gasteiger partial charge in [0.25, 0.3) is 0 Å². The molecule has 1 N–H and O–H groups in total. The highest BCUT2D eigenvalue weighted by Gasteiger charge is 2.03. The fraction of sp³-hybridized carbons (Fsp3) is 0.235. The van der Waals surface area contributed by atoms with Gasteiger partial charge in [-0.2, -0.15) is 0 Å². The molecule has 0 spiro atoms. The van der Waals surface area contributed by atoms with Gasteiger partial charge in [0.2, 0.25) is 5.91 Å². The molecule has 0 aliphatic rings. The van der Waals surface area contributed by atoms with Crippen LogP contribution in [0.25, 0.3) is 0 Å². The Morgan fingerprint density at radius 3 is 2.45 bits per heavy atom. The van der Waals surface area contributed by atoms with Crippen LogP contribution < -0.4 is 10.1 Å². The highest BCUT2D eigenvalue weighted by Crippen LogP contribution is 2.19. The molecule has 0 aliphatic heterocycles. The van der Waals surface area contributed by atoms with Crippen molar-refractivity contribution in [3.05, 3.63) is 59.1 Å². The number of hydrogen-bond donors (Lipinski definition) is 1. The summed E-state index contributed by atoms with van der Waals surface area (Å²) in [5.74, 6) is 1.28. The van der Waals surface area contributed by atoms with E-state index in [1.165, 1.54) is 17.3 Å². The molecular formula is C17H18ClNO2S. The van der Waals surface area contributed by atoms with E-state index in [0.29, 0.717) is 17.3 Å². The first-order valence-electron chi connectivity index (χ1n) is 6.95. The van der Waals surface area contributed by atoms with Gasteiger partial charge in [-0.3, -0.25) is 4.79 Å². The van der Waals surface area contributed by atoms with Gasteiger partial charge in [0.1, 0.15) is 5.75 Å². The number of carbonyl (C=O) groups excluding carboxylic acids is 1. The second kappa shape index (κ2) is 8.71. The highest BCUT2D eigenvalue weighted by atomic mass is 35.5. The van der Waals surface area contributed by atoms with E-state index in [1.807, 2.05) is 48.5 Å². The molecule has 0 saturated carbocycles. The minimum Gasteiger partial charge on any atom is -0.497 e. The summed E-state index contributed by atoms with van der Waals surface area (Å²) in [6.07, 6.45) is 0.807. The molecule has 0 heterocycles. The SMILES string of the molecule is COc1ccc(CCNC(=O)CSc2ccc(Cl)cc2)cc1. The summed E-state index contributed by atoms with van der Waals surface area (Å²) in [7, 11) is 1.65. The third kappa shape index (κ3) is 5.62. The standard InChI is InChI=1S/C17H18ClNO2S/c1-21-15-6-2-13(3-7-15)10-11-19-17(20)12-22-16-8-4-14(18)5-9-16/h2-9H,10-12H2,1H3,(H,19,20). The number of carbonyl (C=O) groups is 1. The van der Waals surface area contributed by atoms with E-state index in [-0.39, 0.29) is 5.91 Å². The molecule has 0 saturated heterocycles. The fourth-order valence-electron chi connectivity index (χ4n) is 1.87. The Balaban J connectivity index is 1.67. The summed E-state index contributed by atoms with van der Waals surface area (Å²) < 4.78 is 5.11. The van der Waals surface area contributed by atoms with Gasteiger partial charge >= 0.3 is 0 Å². The Morgan fingerprint density at radius 1 is 1.14 bits per heavy atom. The number of halogens is 1. The molecule has 3 nitrogen and oxygen atoms in total. The molecule has 116 valence electrons. The van der Waals surface area contributed by atoms with Crippen LogP contribution in [0.2, 0.25) is 5.02 Å². The first-order valence-corrected chi connectivity index (χ1v) is 8.32. The number of methoxy groups -OCH3 is 1. The van der Waals surface area contributed by atoms with E-state index >= 15 is 0 Å².